The van der Waals surface area contributed by atoms with Crippen LogP contribution in [-0.4, -0.2) is 28.4 Å². The lowest BCUT2D eigenvalue weighted by molar-refractivity contribution is -0.0869. The third-order valence-corrected chi connectivity index (χ3v) is 3.09. The van der Waals surface area contributed by atoms with E-state index in [-0.39, 0.29) is 18.1 Å². The monoisotopic (exact) mass is 270 g/mol. The molecule has 2 N–H and O–H groups in total. The summed E-state index contributed by atoms with van der Waals surface area (Å²) in [6.07, 6.45) is 1.86. The summed E-state index contributed by atoms with van der Waals surface area (Å²) in [4.78, 5) is 16.0. The first-order valence-electron chi connectivity index (χ1n) is 5.82. The number of fused-ring (bicyclic) bond motifs is 1. The Morgan fingerprint density at radius 2 is 2.22 bits per heavy atom. The van der Waals surface area contributed by atoms with E-state index in [1.807, 2.05) is 6.07 Å². The van der Waals surface area contributed by atoms with Crippen LogP contribution in [0, 0.1) is 0 Å². The maximum atomic E-state index is 11.7. The van der Waals surface area contributed by atoms with Gasteiger partial charge in [-0.05, 0) is 11.6 Å². The molecule has 1 aromatic heterocycles. The molecule has 18 heavy (non-hydrogen) atoms. The van der Waals surface area contributed by atoms with Crippen LogP contribution in [-0.2, 0) is 17.7 Å². The van der Waals surface area contributed by atoms with Crippen molar-refractivity contribution >= 4 is 18.4 Å². The van der Waals surface area contributed by atoms with Crippen LogP contribution in [0.1, 0.15) is 34.6 Å². The van der Waals surface area contributed by atoms with E-state index in [9.17, 15) is 9.90 Å². The molecule has 1 aliphatic carbocycles. The van der Waals surface area contributed by atoms with Crippen molar-refractivity contribution < 1.29 is 14.6 Å². The Labute approximate surface area is 111 Å². The van der Waals surface area contributed by atoms with Crippen LogP contribution in [0.15, 0.2) is 12.1 Å². The average Bonchev–Trinajstić information content (AvgIpc) is 3.06. The topological polar surface area (TPSA) is 71.5 Å². The number of aliphatic hydroxyl groups is 1. The highest BCUT2D eigenvalue weighted by Crippen LogP contribution is 2.36. The highest BCUT2D eigenvalue weighted by Gasteiger charge is 2.45. The van der Waals surface area contributed by atoms with Gasteiger partial charge in [-0.15, -0.1) is 12.4 Å². The van der Waals surface area contributed by atoms with Crippen molar-refractivity contribution in [2.75, 3.05) is 6.54 Å². The summed E-state index contributed by atoms with van der Waals surface area (Å²) in [5, 5.41) is 12.8. The minimum Gasteiger partial charge on any atom is -0.429 e. The van der Waals surface area contributed by atoms with Crippen molar-refractivity contribution in [3.8, 4) is 0 Å². The van der Waals surface area contributed by atoms with E-state index in [1.54, 1.807) is 6.07 Å². The van der Waals surface area contributed by atoms with Crippen LogP contribution < -0.4 is 5.32 Å². The van der Waals surface area contributed by atoms with Crippen molar-refractivity contribution in [1.29, 1.82) is 0 Å². The fourth-order valence-corrected chi connectivity index (χ4v) is 1.88. The first kappa shape index (κ1) is 13.3. The van der Waals surface area contributed by atoms with Crippen LogP contribution >= 0.6 is 12.4 Å². The minimum atomic E-state index is -1.23. The van der Waals surface area contributed by atoms with Gasteiger partial charge >= 0.3 is 5.97 Å². The number of carbonyl (C=O) groups is 1. The Morgan fingerprint density at radius 1 is 1.44 bits per heavy atom. The first-order valence-corrected chi connectivity index (χ1v) is 5.82. The fourth-order valence-electron chi connectivity index (χ4n) is 1.88. The summed E-state index contributed by atoms with van der Waals surface area (Å²) >= 11 is 0. The molecule has 1 saturated carbocycles. The Morgan fingerprint density at radius 3 is 2.94 bits per heavy atom. The van der Waals surface area contributed by atoms with Gasteiger partial charge in [-0.1, -0.05) is 6.07 Å². The lowest BCUT2D eigenvalue weighted by atomic mass is 10.1. The van der Waals surface area contributed by atoms with Crippen LogP contribution in [0.3, 0.4) is 0 Å². The Bertz CT molecular complexity index is 474. The quantitative estimate of drug-likeness (QED) is 0.614. The van der Waals surface area contributed by atoms with E-state index in [1.165, 1.54) is 0 Å². The number of halogens is 1. The summed E-state index contributed by atoms with van der Waals surface area (Å²) in [5.41, 5.74) is 2.35. The SMILES string of the molecule is Cl.O=C(OC1(O)CC1)c1ccc2c(n1)CCNC2. The summed E-state index contributed by atoms with van der Waals surface area (Å²) in [7, 11) is 0. The molecule has 98 valence electrons. The number of hydrogen-bond donors (Lipinski definition) is 2. The normalized spacial score (nSPS) is 19.4. The molecule has 0 unspecified atom stereocenters. The molecule has 0 aromatic carbocycles. The molecule has 0 spiro atoms. The predicted octanol–water partition coefficient (Wildman–Crippen LogP) is 0.788. The maximum absolute atomic E-state index is 11.7. The molecular formula is C12H15ClN2O3. The first-order chi connectivity index (χ1) is 8.16. The van der Waals surface area contributed by atoms with Gasteiger partial charge in [0.25, 0.3) is 0 Å². The Balaban J connectivity index is 0.00000120. The number of ether oxygens (including phenoxy) is 1. The number of pyridine rings is 1. The summed E-state index contributed by atoms with van der Waals surface area (Å²) in [6, 6.07) is 3.54. The molecule has 0 radical (unpaired) electrons. The number of rotatable bonds is 2. The van der Waals surface area contributed by atoms with Crippen LogP contribution in [0.5, 0.6) is 0 Å². The highest BCUT2D eigenvalue weighted by atomic mass is 35.5. The molecule has 3 rings (SSSR count). The summed E-state index contributed by atoms with van der Waals surface area (Å²) < 4.78 is 4.96. The number of nitrogens with one attached hydrogen (secondary N) is 1. The van der Waals surface area contributed by atoms with E-state index in [0.29, 0.717) is 12.8 Å². The molecule has 1 aliphatic heterocycles. The van der Waals surface area contributed by atoms with Crippen molar-refractivity contribution in [3.63, 3.8) is 0 Å². The van der Waals surface area contributed by atoms with E-state index in [2.05, 4.69) is 10.3 Å². The van der Waals surface area contributed by atoms with Gasteiger partial charge in [0.1, 0.15) is 5.69 Å². The second kappa shape index (κ2) is 4.84. The maximum Gasteiger partial charge on any atom is 0.359 e. The number of aromatic nitrogens is 1. The predicted molar refractivity (Wildman–Crippen MR) is 66.5 cm³/mol. The van der Waals surface area contributed by atoms with Crippen LogP contribution in [0.2, 0.25) is 0 Å². The molecule has 2 aliphatic rings. The molecule has 5 nitrogen and oxygen atoms in total. The van der Waals surface area contributed by atoms with Gasteiger partial charge in [-0.2, -0.15) is 0 Å². The largest absolute Gasteiger partial charge is 0.429 e. The molecule has 1 aromatic rings. The Hall–Kier alpha value is -1.17. The van der Waals surface area contributed by atoms with Crippen LogP contribution in [0.25, 0.3) is 0 Å². The van der Waals surface area contributed by atoms with Crippen molar-refractivity contribution in [3.05, 3.63) is 29.1 Å². The van der Waals surface area contributed by atoms with E-state index in [0.717, 1.165) is 30.8 Å². The van der Waals surface area contributed by atoms with Gasteiger partial charge in [-0.25, -0.2) is 9.78 Å². The number of nitrogens with zero attached hydrogens (tertiary/aromatic N) is 1. The van der Waals surface area contributed by atoms with Crippen molar-refractivity contribution in [2.45, 2.75) is 31.6 Å². The zero-order valence-electron chi connectivity index (χ0n) is 9.81. The third kappa shape index (κ3) is 2.63. The third-order valence-electron chi connectivity index (χ3n) is 3.09. The second-order valence-corrected chi connectivity index (χ2v) is 4.56. The zero-order valence-corrected chi connectivity index (χ0v) is 10.6. The van der Waals surface area contributed by atoms with Gasteiger partial charge in [0, 0.05) is 38.0 Å². The zero-order chi connectivity index (χ0) is 11.9. The summed E-state index contributed by atoms with van der Waals surface area (Å²) in [6.45, 7) is 1.67. The van der Waals surface area contributed by atoms with E-state index in [4.69, 9.17) is 4.74 Å². The highest BCUT2D eigenvalue weighted by molar-refractivity contribution is 5.87. The lowest BCUT2D eigenvalue weighted by Gasteiger charge is -2.17. The smallest absolute Gasteiger partial charge is 0.359 e. The van der Waals surface area contributed by atoms with Gasteiger partial charge in [0.15, 0.2) is 0 Å². The second-order valence-electron chi connectivity index (χ2n) is 4.56. The number of hydrogen-bond acceptors (Lipinski definition) is 5. The standard InChI is InChI=1S/C12H14N2O3.ClH/c15-11(17-12(16)4-5-12)10-2-1-8-7-13-6-3-9(8)14-10;/h1-2,13,16H,3-7H2;1H. The summed E-state index contributed by atoms with van der Waals surface area (Å²) in [5.74, 6) is -1.76. The lowest BCUT2D eigenvalue weighted by Crippen LogP contribution is -2.26. The molecule has 6 heteroatoms. The molecule has 0 bridgehead atoms. The Kier molecular flexibility index (Phi) is 3.56. The van der Waals surface area contributed by atoms with Crippen molar-refractivity contribution in [2.24, 2.45) is 0 Å². The molecular weight excluding hydrogens is 256 g/mol. The van der Waals surface area contributed by atoms with Crippen LogP contribution in [0.4, 0.5) is 0 Å². The van der Waals surface area contributed by atoms with Crippen molar-refractivity contribution in [1.82, 2.24) is 10.3 Å². The fraction of sp³-hybridized carbons (Fsp3) is 0.500. The number of carbonyl (C=O) groups excluding carboxylic acids is 1. The average molecular weight is 271 g/mol. The van der Waals surface area contributed by atoms with Gasteiger partial charge in [-0.3, -0.25) is 0 Å². The molecule has 1 fully saturated rings. The van der Waals surface area contributed by atoms with E-state index < -0.39 is 11.8 Å². The van der Waals surface area contributed by atoms with Gasteiger partial charge in [0.05, 0.1) is 0 Å². The minimum absolute atomic E-state index is 0. The van der Waals surface area contributed by atoms with E-state index >= 15 is 0 Å². The number of esters is 1. The molecule has 0 atom stereocenters. The molecule has 2 heterocycles. The molecule has 0 saturated heterocycles. The van der Waals surface area contributed by atoms with Gasteiger partial charge < -0.3 is 15.2 Å². The molecule has 0 amide bonds. The van der Waals surface area contributed by atoms with Gasteiger partial charge in [0.2, 0.25) is 5.79 Å².